The van der Waals surface area contributed by atoms with Gasteiger partial charge in [-0.25, -0.2) is 15.0 Å². The molecule has 3 aromatic heterocycles. The molecule has 12 aromatic rings. The molecule has 0 saturated carbocycles. The lowest BCUT2D eigenvalue weighted by atomic mass is 10.0. The van der Waals surface area contributed by atoms with Crippen LogP contribution in [0, 0.1) is 0 Å². The van der Waals surface area contributed by atoms with Gasteiger partial charge >= 0.3 is 0 Å². The van der Waals surface area contributed by atoms with Gasteiger partial charge in [0, 0.05) is 49.6 Å². The highest BCUT2D eigenvalue weighted by Gasteiger charge is 2.19. The quantitative estimate of drug-likeness (QED) is 0.169. The largest absolute Gasteiger partial charge is 0.309 e. The lowest BCUT2D eigenvalue weighted by molar-refractivity contribution is 1.07. The zero-order valence-corrected chi connectivity index (χ0v) is 32.4. The molecule has 12 rings (SSSR count). The SMILES string of the molecule is c1ccc(-c2cccc(-c3nc(-c4cccc(-n5c6ccccc6c6cc7ccccc7cc65)c4)nc(-c4ccc5c(c4)c4ccccc4n5-c4ccccc4)n3)c2)cc1. The van der Waals surface area contributed by atoms with E-state index >= 15 is 0 Å². The molecule has 0 aliphatic carbocycles. The number of fused-ring (bicyclic) bond motifs is 7. The van der Waals surface area contributed by atoms with Crippen molar-refractivity contribution in [3.05, 3.63) is 212 Å². The first-order valence-corrected chi connectivity index (χ1v) is 20.3. The number of hydrogen-bond acceptors (Lipinski definition) is 3. The summed E-state index contributed by atoms with van der Waals surface area (Å²) >= 11 is 0. The molecule has 0 atom stereocenters. The molecule has 0 amide bonds. The zero-order valence-electron chi connectivity index (χ0n) is 32.4. The third-order valence-electron chi connectivity index (χ3n) is 11.7. The summed E-state index contributed by atoms with van der Waals surface area (Å²) in [7, 11) is 0. The van der Waals surface area contributed by atoms with Crippen molar-refractivity contribution in [1.29, 1.82) is 0 Å². The van der Waals surface area contributed by atoms with Crippen molar-refractivity contribution in [2.24, 2.45) is 0 Å². The molecule has 0 aliphatic heterocycles. The van der Waals surface area contributed by atoms with Gasteiger partial charge in [-0.1, -0.05) is 140 Å². The molecule has 5 heteroatoms. The highest BCUT2D eigenvalue weighted by Crippen LogP contribution is 2.38. The first kappa shape index (κ1) is 33.9. The van der Waals surface area contributed by atoms with E-state index in [1.165, 1.54) is 26.9 Å². The molecule has 5 nitrogen and oxygen atoms in total. The molecule has 0 spiro atoms. The summed E-state index contributed by atoms with van der Waals surface area (Å²) in [6.45, 7) is 0. The minimum Gasteiger partial charge on any atom is -0.309 e. The fraction of sp³-hybridized carbons (Fsp3) is 0. The average molecular weight is 766 g/mol. The fourth-order valence-corrected chi connectivity index (χ4v) is 8.92. The lowest BCUT2D eigenvalue weighted by Crippen LogP contribution is -2.01. The van der Waals surface area contributed by atoms with Crippen LogP contribution in [0.3, 0.4) is 0 Å². The van der Waals surface area contributed by atoms with Gasteiger partial charge in [-0.05, 0) is 94.7 Å². The summed E-state index contributed by atoms with van der Waals surface area (Å²) in [5.41, 5.74) is 11.8. The summed E-state index contributed by atoms with van der Waals surface area (Å²) in [4.78, 5) is 15.8. The van der Waals surface area contributed by atoms with Crippen LogP contribution < -0.4 is 0 Å². The Morgan fingerprint density at radius 3 is 1.42 bits per heavy atom. The highest BCUT2D eigenvalue weighted by molar-refractivity contribution is 6.14. The van der Waals surface area contributed by atoms with E-state index in [1.807, 2.05) is 6.07 Å². The van der Waals surface area contributed by atoms with Crippen LogP contribution >= 0.6 is 0 Å². The highest BCUT2D eigenvalue weighted by atomic mass is 15.0. The predicted octanol–water partition coefficient (Wildman–Crippen LogP) is 13.9. The van der Waals surface area contributed by atoms with Crippen LogP contribution in [-0.4, -0.2) is 24.1 Å². The van der Waals surface area contributed by atoms with E-state index < -0.39 is 0 Å². The number of aromatic nitrogens is 5. The van der Waals surface area contributed by atoms with Crippen LogP contribution in [-0.2, 0) is 0 Å². The topological polar surface area (TPSA) is 48.5 Å². The van der Waals surface area contributed by atoms with Gasteiger partial charge in [0.05, 0.1) is 22.1 Å². The van der Waals surface area contributed by atoms with Crippen molar-refractivity contribution in [2.45, 2.75) is 0 Å². The molecule has 0 saturated heterocycles. The van der Waals surface area contributed by atoms with E-state index in [4.69, 9.17) is 15.0 Å². The van der Waals surface area contributed by atoms with Crippen LogP contribution in [0.4, 0.5) is 0 Å². The molecule has 0 N–H and O–H groups in total. The van der Waals surface area contributed by atoms with Crippen molar-refractivity contribution in [2.75, 3.05) is 0 Å². The number of para-hydroxylation sites is 3. The Kier molecular flexibility index (Phi) is 7.78. The number of hydrogen-bond donors (Lipinski definition) is 0. The van der Waals surface area contributed by atoms with Gasteiger partial charge in [0.15, 0.2) is 17.5 Å². The Labute approximate surface area is 346 Å². The molecule has 3 heterocycles. The van der Waals surface area contributed by atoms with Crippen LogP contribution in [0.2, 0.25) is 0 Å². The summed E-state index contributed by atoms with van der Waals surface area (Å²) in [5, 5.41) is 7.19. The van der Waals surface area contributed by atoms with Gasteiger partial charge in [0.1, 0.15) is 0 Å². The molecular weight excluding hydrogens is 731 g/mol. The third kappa shape index (κ3) is 5.59. The fourth-order valence-electron chi connectivity index (χ4n) is 8.92. The van der Waals surface area contributed by atoms with E-state index in [-0.39, 0.29) is 0 Å². The second kappa shape index (κ2) is 13.8. The van der Waals surface area contributed by atoms with Crippen LogP contribution in [0.15, 0.2) is 212 Å². The van der Waals surface area contributed by atoms with Crippen molar-refractivity contribution >= 4 is 54.4 Å². The van der Waals surface area contributed by atoms with Crippen molar-refractivity contribution < 1.29 is 0 Å². The summed E-state index contributed by atoms with van der Waals surface area (Å²) in [6.07, 6.45) is 0. The Bertz CT molecular complexity index is 3600. The second-order valence-electron chi connectivity index (χ2n) is 15.3. The molecule has 0 bridgehead atoms. The molecule has 0 aliphatic rings. The standard InChI is InChI=1S/C55H35N5/c1-3-15-36(16-4-1)37-19-13-20-40(31-37)53-56-54(58-55(57-53)42-29-30-51-47(34-42)45-25-9-11-27-49(45)59(51)43-22-5-2-6-23-43)41-21-14-24-44(32-41)60-50-28-12-10-26-46(50)48-33-38-17-7-8-18-39(38)35-52(48)60/h1-35H. The molecule has 0 unspecified atom stereocenters. The van der Waals surface area contributed by atoms with Gasteiger partial charge in [-0.15, -0.1) is 0 Å². The van der Waals surface area contributed by atoms with Gasteiger partial charge in [0.2, 0.25) is 0 Å². The molecule has 0 radical (unpaired) electrons. The maximum absolute atomic E-state index is 5.28. The number of rotatable bonds is 6. The smallest absolute Gasteiger partial charge is 0.164 e. The predicted molar refractivity (Wildman–Crippen MR) is 248 cm³/mol. The third-order valence-corrected chi connectivity index (χ3v) is 11.7. The minimum absolute atomic E-state index is 0.611. The van der Waals surface area contributed by atoms with Crippen molar-refractivity contribution in [3.63, 3.8) is 0 Å². The maximum atomic E-state index is 5.28. The Morgan fingerprint density at radius 2 is 0.717 bits per heavy atom. The molecule has 0 fully saturated rings. The first-order valence-electron chi connectivity index (χ1n) is 20.3. The molecule has 9 aromatic carbocycles. The van der Waals surface area contributed by atoms with E-state index in [0.717, 1.165) is 66.6 Å². The Balaban J connectivity index is 1.06. The Hall–Kier alpha value is -8.15. The van der Waals surface area contributed by atoms with Crippen LogP contribution in [0.1, 0.15) is 0 Å². The second-order valence-corrected chi connectivity index (χ2v) is 15.3. The number of benzene rings is 9. The van der Waals surface area contributed by atoms with E-state index in [2.05, 4.69) is 215 Å². The van der Waals surface area contributed by atoms with Gasteiger partial charge in [0.25, 0.3) is 0 Å². The van der Waals surface area contributed by atoms with E-state index in [1.54, 1.807) is 0 Å². The zero-order chi connectivity index (χ0) is 39.6. The summed E-state index contributed by atoms with van der Waals surface area (Å²) in [5.74, 6) is 1.85. The molecule has 60 heavy (non-hydrogen) atoms. The Morgan fingerprint density at radius 1 is 0.250 bits per heavy atom. The van der Waals surface area contributed by atoms with Crippen molar-refractivity contribution in [3.8, 4) is 56.7 Å². The van der Waals surface area contributed by atoms with Gasteiger partial charge < -0.3 is 9.13 Å². The van der Waals surface area contributed by atoms with Crippen molar-refractivity contribution in [1.82, 2.24) is 24.1 Å². The van der Waals surface area contributed by atoms with E-state index in [0.29, 0.717) is 17.5 Å². The number of nitrogens with zero attached hydrogens (tertiary/aromatic N) is 5. The van der Waals surface area contributed by atoms with Gasteiger partial charge in [-0.3, -0.25) is 0 Å². The maximum Gasteiger partial charge on any atom is 0.164 e. The van der Waals surface area contributed by atoms with Crippen LogP contribution in [0.25, 0.3) is 111 Å². The lowest BCUT2D eigenvalue weighted by Gasteiger charge is -2.12. The van der Waals surface area contributed by atoms with Gasteiger partial charge in [-0.2, -0.15) is 0 Å². The average Bonchev–Trinajstić information content (AvgIpc) is 3.83. The monoisotopic (exact) mass is 765 g/mol. The molecular formula is C55H35N5. The normalized spacial score (nSPS) is 11.7. The summed E-state index contributed by atoms with van der Waals surface area (Å²) < 4.78 is 4.69. The molecule has 280 valence electrons. The van der Waals surface area contributed by atoms with Crippen LogP contribution in [0.5, 0.6) is 0 Å². The van der Waals surface area contributed by atoms with E-state index in [9.17, 15) is 0 Å². The summed E-state index contributed by atoms with van der Waals surface area (Å²) in [6, 6.07) is 75.1. The first-order chi connectivity index (χ1) is 29.7. The minimum atomic E-state index is 0.611.